The van der Waals surface area contributed by atoms with Crippen molar-refractivity contribution in [2.24, 2.45) is 0 Å². The number of ether oxygens (including phenoxy) is 1. The number of pyridine rings is 1. The molecule has 0 aliphatic carbocycles. The Morgan fingerprint density at radius 1 is 1.00 bits per heavy atom. The molecule has 0 saturated heterocycles. The van der Waals surface area contributed by atoms with Crippen molar-refractivity contribution < 1.29 is 9.53 Å². The van der Waals surface area contributed by atoms with Crippen molar-refractivity contribution in [3.63, 3.8) is 0 Å². The number of benzene rings is 2. The third kappa shape index (κ3) is 3.68. The first-order valence-electron chi connectivity index (χ1n) is 6.61. The second-order valence-corrected chi connectivity index (χ2v) is 6.43. The van der Waals surface area contributed by atoms with E-state index in [0.29, 0.717) is 31.7 Å². The molecular formula is C16H8Cl4N2O2. The van der Waals surface area contributed by atoms with Gasteiger partial charge in [0.15, 0.2) is 5.75 Å². The minimum absolute atomic E-state index is 0.113. The van der Waals surface area contributed by atoms with Crippen LogP contribution in [0.25, 0.3) is 10.9 Å². The molecule has 0 spiro atoms. The van der Waals surface area contributed by atoms with Gasteiger partial charge in [-0.3, -0.25) is 10.3 Å². The van der Waals surface area contributed by atoms with Gasteiger partial charge in [0.2, 0.25) is 0 Å². The number of hydrogen-bond donors (Lipinski definition) is 1. The highest BCUT2D eigenvalue weighted by molar-refractivity contribution is 6.39. The van der Waals surface area contributed by atoms with E-state index < -0.39 is 6.09 Å². The second-order valence-electron chi connectivity index (χ2n) is 4.74. The number of fused-ring (bicyclic) bond motifs is 1. The summed E-state index contributed by atoms with van der Waals surface area (Å²) in [7, 11) is 0. The molecule has 0 radical (unpaired) electrons. The Hall–Kier alpha value is -1.72. The lowest BCUT2D eigenvalue weighted by Crippen LogP contribution is -2.17. The Morgan fingerprint density at radius 3 is 2.42 bits per heavy atom. The maximum absolute atomic E-state index is 12.1. The van der Waals surface area contributed by atoms with Crippen LogP contribution in [0.1, 0.15) is 0 Å². The van der Waals surface area contributed by atoms with Gasteiger partial charge in [0.25, 0.3) is 0 Å². The number of carbonyl (C=O) groups is 1. The van der Waals surface area contributed by atoms with E-state index in [9.17, 15) is 4.79 Å². The van der Waals surface area contributed by atoms with Gasteiger partial charge in [0.05, 0.1) is 10.0 Å². The van der Waals surface area contributed by atoms with Crippen molar-refractivity contribution in [2.75, 3.05) is 5.32 Å². The van der Waals surface area contributed by atoms with E-state index in [1.165, 1.54) is 18.2 Å². The largest absolute Gasteiger partial charge is 0.417 e. The number of anilines is 1. The molecule has 2 aromatic carbocycles. The zero-order valence-corrected chi connectivity index (χ0v) is 14.8. The van der Waals surface area contributed by atoms with E-state index in [-0.39, 0.29) is 10.8 Å². The number of nitrogens with zero attached hydrogens (tertiary/aromatic N) is 1. The quantitative estimate of drug-likeness (QED) is 0.536. The fourth-order valence-corrected chi connectivity index (χ4v) is 3.19. The minimum Gasteiger partial charge on any atom is -0.406 e. The van der Waals surface area contributed by atoms with E-state index in [4.69, 9.17) is 51.1 Å². The Labute approximate surface area is 157 Å². The lowest BCUT2D eigenvalue weighted by molar-refractivity contribution is 0.215. The van der Waals surface area contributed by atoms with Crippen LogP contribution in [0, 0.1) is 0 Å². The highest BCUT2D eigenvalue weighted by atomic mass is 35.5. The molecule has 0 atom stereocenters. The monoisotopic (exact) mass is 400 g/mol. The molecule has 1 heterocycles. The van der Waals surface area contributed by atoms with Crippen LogP contribution in [0.15, 0.2) is 42.6 Å². The van der Waals surface area contributed by atoms with E-state index in [0.717, 1.165) is 0 Å². The number of aromatic nitrogens is 1. The smallest absolute Gasteiger partial charge is 0.406 e. The molecule has 0 saturated carbocycles. The van der Waals surface area contributed by atoms with Gasteiger partial charge in [-0.1, -0.05) is 46.4 Å². The molecular weight excluding hydrogens is 394 g/mol. The van der Waals surface area contributed by atoms with Gasteiger partial charge in [-0.2, -0.15) is 0 Å². The minimum atomic E-state index is -0.760. The Bertz CT molecular complexity index is 927. The van der Waals surface area contributed by atoms with Gasteiger partial charge in [-0.05, 0) is 36.4 Å². The lowest BCUT2D eigenvalue weighted by Gasteiger charge is -2.11. The van der Waals surface area contributed by atoms with Crippen molar-refractivity contribution in [1.29, 1.82) is 0 Å². The molecule has 0 aliphatic rings. The van der Waals surface area contributed by atoms with Gasteiger partial charge >= 0.3 is 6.09 Å². The summed E-state index contributed by atoms with van der Waals surface area (Å²) in [4.78, 5) is 16.3. The average molecular weight is 402 g/mol. The zero-order valence-electron chi connectivity index (χ0n) is 11.8. The number of nitrogens with one attached hydrogen (secondary N) is 1. The summed E-state index contributed by atoms with van der Waals surface area (Å²) < 4.78 is 5.31. The number of hydrogen-bond acceptors (Lipinski definition) is 3. The highest BCUT2D eigenvalue weighted by Gasteiger charge is 2.16. The van der Waals surface area contributed by atoms with E-state index >= 15 is 0 Å². The first-order chi connectivity index (χ1) is 11.4. The van der Waals surface area contributed by atoms with Crippen LogP contribution in [0.4, 0.5) is 10.5 Å². The molecule has 122 valence electrons. The third-order valence-corrected chi connectivity index (χ3v) is 4.08. The number of halogens is 4. The topological polar surface area (TPSA) is 51.2 Å². The molecule has 3 aromatic rings. The fourth-order valence-electron chi connectivity index (χ4n) is 2.11. The van der Waals surface area contributed by atoms with Crippen molar-refractivity contribution in [1.82, 2.24) is 4.98 Å². The van der Waals surface area contributed by atoms with E-state index in [1.807, 2.05) is 0 Å². The summed E-state index contributed by atoms with van der Waals surface area (Å²) in [5.74, 6) is 0.113. The van der Waals surface area contributed by atoms with Crippen LogP contribution in [-0.2, 0) is 0 Å². The molecule has 0 bridgehead atoms. The van der Waals surface area contributed by atoms with Crippen molar-refractivity contribution >= 4 is 69.1 Å². The van der Waals surface area contributed by atoms with Crippen LogP contribution < -0.4 is 10.1 Å². The lowest BCUT2D eigenvalue weighted by atomic mass is 10.2. The normalized spacial score (nSPS) is 10.7. The molecule has 0 fully saturated rings. The van der Waals surface area contributed by atoms with Crippen molar-refractivity contribution in [2.45, 2.75) is 0 Å². The second kappa shape index (κ2) is 7.03. The summed E-state index contributed by atoms with van der Waals surface area (Å²) in [6, 6.07) is 9.59. The van der Waals surface area contributed by atoms with E-state index in [1.54, 1.807) is 24.4 Å². The van der Waals surface area contributed by atoms with Gasteiger partial charge in [-0.15, -0.1) is 0 Å². The molecule has 1 N–H and O–H groups in total. The summed E-state index contributed by atoms with van der Waals surface area (Å²) in [5.41, 5.74) is 0.772. The maximum Gasteiger partial charge on any atom is 0.417 e. The predicted octanol–water partition coefficient (Wildman–Crippen LogP) is 6.46. The van der Waals surface area contributed by atoms with Gasteiger partial charge in [-0.25, -0.2) is 4.79 Å². The molecule has 1 amide bonds. The predicted molar refractivity (Wildman–Crippen MR) is 97.9 cm³/mol. The standard InChI is InChI=1S/C16H8Cl4N2O2/c17-8-4-9(18)6-10(5-8)22-16(23)24-15-13(20)7-12(19)11-2-1-3-21-14(11)15/h1-7H,(H,22,23). The number of rotatable bonds is 2. The van der Waals surface area contributed by atoms with Crippen molar-refractivity contribution in [3.05, 3.63) is 62.7 Å². The van der Waals surface area contributed by atoms with E-state index in [2.05, 4.69) is 10.3 Å². The van der Waals surface area contributed by atoms with Crippen LogP contribution in [0.5, 0.6) is 5.75 Å². The highest BCUT2D eigenvalue weighted by Crippen LogP contribution is 2.37. The molecule has 4 nitrogen and oxygen atoms in total. The Balaban J connectivity index is 1.91. The van der Waals surface area contributed by atoms with Gasteiger partial charge < -0.3 is 4.74 Å². The van der Waals surface area contributed by atoms with Crippen LogP contribution >= 0.6 is 46.4 Å². The summed E-state index contributed by atoms with van der Waals surface area (Å²) >= 11 is 24.0. The number of carbonyl (C=O) groups excluding carboxylic acids is 1. The van der Waals surface area contributed by atoms with Gasteiger partial charge in [0.1, 0.15) is 5.52 Å². The van der Waals surface area contributed by atoms with Crippen LogP contribution in [0.2, 0.25) is 20.1 Å². The van der Waals surface area contributed by atoms with Gasteiger partial charge in [0, 0.05) is 27.3 Å². The SMILES string of the molecule is O=C(Nc1cc(Cl)cc(Cl)c1)Oc1c(Cl)cc(Cl)c2cccnc12. The summed E-state index contributed by atoms with van der Waals surface area (Å²) in [5, 5.41) is 4.51. The molecule has 0 aliphatic heterocycles. The molecule has 0 unspecified atom stereocenters. The fraction of sp³-hybridized carbons (Fsp3) is 0. The number of amides is 1. The molecule has 8 heteroatoms. The summed E-state index contributed by atoms with van der Waals surface area (Å²) in [6.07, 6.45) is 0.792. The van der Waals surface area contributed by atoms with Crippen LogP contribution in [0.3, 0.4) is 0 Å². The zero-order chi connectivity index (χ0) is 17.3. The summed E-state index contributed by atoms with van der Waals surface area (Å²) in [6.45, 7) is 0. The Morgan fingerprint density at radius 2 is 1.71 bits per heavy atom. The third-order valence-electron chi connectivity index (χ3n) is 3.05. The first-order valence-corrected chi connectivity index (χ1v) is 8.13. The molecule has 3 rings (SSSR count). The Kier molecular flexibility index (Phi) is 5.01. The maximum atomic E-state index is 12.1. The first kappa shape index (κ1) is 17.1. The molecule has 24 heavy (non-hydrogen) atoms. The van der Waals surface area contributed by atoms with Crippen LogP contribution in [-0.4, -0.2) is 11.1 Å². The average Bonchev–Trinajstić information content (AvgIpc) is 2.50. The molecule has 1 aromatic heterocycles. The van der Waals surface area contributed by atoms with Crippen molar-refractivity contribution in [3.8, 4) is 5.75 Å².